The van der Waals surface area contributed by atoms with Crippen molar-refractivity contribution in [2.75, 3.05) is 5.73 Å². The fourth-order valence-corrected chi connectivity index (χ4v) is 1.60. The van der Waals surface area contributed by atoms with Crippen LogP contribution in [0.4, 0.5) is 18.9 Å². The second-order valence-electron chi connectivity index (χ2n) is 2.75. The van der Waals surface area contributed by atoms with Gasteiger partial charge in [0.2, 0.25) is 0 Å². The number of amides is 1. The van der Waals surface area contributed by atoms with Crippen LogP contribution in [0.1, 0.15) is 15.9 Å². The minimum absolute atomic E-state index is 0.144. The van der Waals surface area contributed by atoms with Crippen molar-refractivity contribution in [2.24, 2.45) is 5.73 Å². The number of primary amides is 1. The molecule has 0 radical (unpaired) electrons. The predicted octanol–water partition coefficient (Wildman–Crippen LogP) is 2.15. The zero-order valence-corrected chi connectivity index (χ0v) is 8.82. The fraction of sp³-hybridized carbons (Fsp3) is 0.125. The summed E-state index contributed by atoms with van der Waals surface area (Å²) in [5, 5.41) is 0. The monoisotopic (exact) mass is 282 g/mol. The van der Waals surface area contributed by atoms with E-state index in [1.54, 1.807) is 0 Å². The Morgan fingerprint density at radius 3 is 2.27 bits per heavy atom. The van der Waals surface area contributed by atoms with Gasteiger partial charge in [-0.15, -0.1) is 0 Å². The Bertz CT molecular complexity index is 417. The number of hydrogen-bond donors (Lipinski definition) is 2. The van der Waals surface area contributed by atoms with E-state index in [1.807, 2.05) is 0 Å². The summed E-state index contributed by atoms with van der Waals surface area (Å²) >= 11 is 2.68. The number of halogens is 4. The molecule has 1 aromatic carbocycles. The minimum Gasteiger partial charge on any atom is -0.397 e. The summed E-state index contributed by atoms with van der Waals surface area (Å²) in [4.78, 5) is 10.8. The Labute approximate surface area is 91.4 Å². The van der Waals surface area contributed by atoms with E-state index in [1.165, 1.54) is 0 Å². The Hall–Kier alpha value is -1.24. The van der Waals surface area contributed by atoms with Gasteiger partial charge in [0.05, 0.1) is 21.3 Å². The molecule has 7 heteroatoms. The van der Waals surface area contributed by atoms with Crippen molar-refractivity contribution in [2.45, 2.75) is 6.18 Å². The summed E-state index contributed by atoms with van der Waals surface area (Å²) in [6.45, 7) is 0. The van der Waals surface area contributed by atoms with Crippen molar-refractivity contribution in [1.29, 1.82) is 0 Å². The fourth-order valence-electron chi connectivity index (χ4n) is 1.03. The average Bonchev–Trinajstić information content (AvgIpc) is 2.06. The third-order valence-electron chi connectivity index (χ3n) is 1.75. The van der Waals surface area contributed by atoms with Gasteiger partial charge in [0, 0.05) is 0 Å². The van der Waals surface area contributed by atoms with E-state index >= 15 is 0 Å². The number of hydrogen-bond acceptors (Lipinski definition) is 2. The first kappa shape index (κ1) is 11.8. The van der Waals surface area contributed by atoms with Gasteiger partial charge in [-0.1, -0.05) is 0 Å². The molecule has 1 aromatic rings. The topological polar surface area (TPSA) is 69.1 Å². The molecule has 0 aliphatic rings. The molecular weight excluding hydrogens is 277 g/mol. The zero-order valence-electron chi connectivity index (χ0n) is 7.23. The lowest BCUT2D eigenvalue weighted by atomic mass is 10.1. The van der Waals surface area contributed by atoms with Gasteiger partial charge in [0.25, 0.3) is 5.91 Å². The number of nitrogens with two attached hydrogens (primary N) is 2. The smallest absolute Gasteiger partial charge is 0.397 e. The quantitative estimate of drug-likeness (QED) is 0.775. The van der Waals surface area contributed by atoms with Crippen molar-refractivity contribution < 1.29 is 18.0 Å². The summed E-state index contributed by atoms with van der Waals surface area (Å²) in [5.41, 5.74) is 8.86. The lowest BCUT2D eigenvalue weighted by Crippen LogP contribution is -2.16. The van der Waals surface area contributed by atoms with Crippen LogP contribution in [0.5, 0.6) is 0 Å². The predicted molar refractivity (Wildman–Crippen MR) is 52.1 cm³/mol. The molecule has 4 N–H and O–H groups in total. The first-order valence-electron chi connectivity index (χ1n) is 3.70. The summed E-state index contributed by atoms with van der Waals surface area (Å²) in [6, 6.07) is 1.70. The largest absolute Gasteiger partial charge is 0.417 e. The molecule has 0 aromatic heterocycles. The number of carbonyl (C=O) groups is 1. The molecular formula is C8H6BrF3N2O. The maximum atomic E-state index is 12.4. The molecule has 0 aliphatic carbocycles. The van der Waals surface area contributed by atoms with Gasteiger partial charge >= 0.3 is 6.18 Å². The number of carbonyl (C=O) groups excluding carboxylic acids is 1. The van der Waals surface area contributed by atoms with Crippen LogP contribution in [-0.4, -0.2) is 5.91 Å². The zero-order chi connectivity index (χ0) is 11.8. The van der Waals surface area contributed by atoms with Gasteiger partial charge in [-0.25, -0.2) is 0 Å². The van der Waals surface area contributed by atoms with Gasteiger partial charge in [0.1, 0.15) is 0 Å². The van der Waals surface area contributed by atoms with E-state index in [0.29, 0.717) is 0 Å². The minimum atomic E-state index is -4.52. The maximum absolute atomic E-state index is 12.4. The highest BCUT2D eigenvalue weighted by molar-refractivity contribution is 9.10. The molecule has 0 bridgehead atoms. The number of nitrogen functional groups attached to an aromatic ring is 1. The molecule has 0 heterocycles. The van der Waals surface area contributed by atoms with Crippen LogP contribution >= 0.6 is 15.9 Å². The molecule has 0 saturated carbocycles. The number of alkyl halides is 3. The molecule has 1 amide bonds. The number of anilines is 1. The average molecular weight is 283 g/mol. The lowest BCUT2D eigenvalue weighted by molar-refractivity contribution is -0.138. The second-order valence-corrected chi connectivity index (χ2v) is 3.54. The van der Waals surface area contributed by atoms with E-state index in [-0.39, 0.29) is 15.7 Å². The van der Waals surface area contributed by atoms with E-state index in [2.05, 4.69) is 15.9 Å². The second kappa shape index (κ2) is 3.73. The van der Waals surface area contributed by atoms with Crippen LogP contribution in [0.2, 0.25) is 0 Å². The van der Waals surface area contributed by atoms with Crippen molar-refractivity contribution in [3.63, 3.8) is 0 Å². The molecule has 15 heavy (non-hydrogen) atoms. The van der Waals surface area contributed by atoms with Crippen molar-refractivity contribution in [3.8, 4) is 0 Å². The third-order valence-corrected chi connectivity index (χ3v) is 2.60. The first-order chi connectivity index (χ1) is 6.75. The highest BCUT2D eigenvalue weighted by Crippen LogP contribution is 2.38. The van der Waals surface area contributed by atoms with Gasteiger partial charge in [-0.3, -0.25) is 4.79 Å². The highest BCUT2D eigenvalue weighted by atomic mass is 79.9. The van der Waals surface area contributed by atoms with Crippen LogP contribution in [0.25, 0.3) is 0 Å². The maximum Gasteiger partial charge on any atom is 0.417 e. The highest BCUT2D eigenvalue weighted by Gasteiger charge is 2.34. The van der Waals surface area contributed by atoms with Crippen LogP contribution in [0, 0.1) is 0 Å². The molecule has 82 valence electrons. The molecule has 0 spiro atoms. The Morgan fingerprint density at radius 2 is 1.87 bits per heavy atom. The normalized spacial score (nSPS) is 11.5. The van der Waals surface area contributed by atoms with Gasteiger partial charge in [-0.2, -0.15) is 13.2 Å². The molecule has 1 rings (SSSR count). The van der Waals surface area contributed by atoms with Crippen molar-refractivity contribution in [3.05, 3.63) is 27.7 Å². The van der Waals surface area contributed by atoms with E-state index in [0.717, 1.165) is 12.1 Å². The van der Waals surface area contributed by atoms with Gasteiger partial charge < -0.3 is 11.5 Å². The molecule has 0 aliphatic heterocycles. The Balaban J connectivity index is 3.41. The van der Waals surface area contributed by atoms with E-state index in [4.69, 9.17) is 11.5 Å². The third kappa shape index (κ3) is 2.23. The van der Waals surface area contributed by atoms with Crippen LogP contribution in [0.15, 0.2) is 16.6 Å². The molecule has 0 saturated heterocycles. The molecule has 0 atom stereocenters. The van der Waals surface area contributed by atoms with Crippen LogP contribution < -0.4 is 11.5 Å². The Morgan fingerprint density at radius 1 is 1.33 bits per heavy atom. The standard InChI is InChI=1S/C8H6BrF3N2O/c9-5-4(8(10,11)12)2-1-3(6(5)13)7(14)15/h1-2H,13H2,(H2,14,15). The molecule has 0 unspecified atom stereocenters. The van der Waals surface area contributed by atoms with Crippen LogP contribution in [0.3, 0.4) is 0 Å². The summed E-state index contributed by atoms with van der Waals surface area (Å²) in [6.07, 6.45) is -4.52. The molecule has 0 fully saturated rings. The summed E-state index contributed by atoms with van der Waals surface area (Å²) < 4.78 is 36.7. The van der Waals surface area contributed by atoms with Crippen molar-refractivity contribution in [1.82, 2.24) is 0 Å². The number of benzene rings is 1. The lowest BCUT2D eigenvalue weighted by Gasteiger charge is -2.12. The summed E-state index contributed by atoms with van der Waals surface area (Å²) in [7, 11) is 0. The van der Waals surface area contributed by atoms with E-state index in [9.17, 15) is 18.0 Å². The van der Waals surface area contributed by atoms with Gasteiger partial charge in [-0.05, 0) is 28.1 Å². The Kier molecular flexibility index (Phi) is 2.94. The SMILES string of the molecule is NC(=O)c1ccc(C(F)(F)F)c(Br)c1N. The van der Waals surface area contributed by atoms with Gasteiger partial charge in [0.15, 0.2) is 0 Å². The van der Waals surface area contributed by atoms with Crippen LogP contribution in [-0.2, 0) is 6.18 Å². The summed E-state index contributed by atoms with van der Waals surface area (Å²) in [5.74, 6) is -0.873. The van der Waals surface area contributed by atoms with E-state index < -0.39 is 17.6 Å². The first-order valence-corrected chi connectivity index (χ1v) is 4.49. The number of rotatable bonds is 1. The van der Waals surface area contributed by atoms with Crippen molar-refractivity contribution >= 4 is 27.5 Å². The molecule has 3 nitrogen and oxygen atoms in total.